The van der Waals surface area contributed by atoms with Crippen LogP contribution < -0.4 is 5.32 Å². The summed E-state index contributed by atoms with van der Waals surface area (Å²) in [5, 5.41) is 10.9. The van der Waals surface area contributed by atoms with Crippen LogP contribution in [0.5, 0.6) is 0 Å². The van der Waals surface area contributed by atoms with Gasteiger partial charge in [0.15, 0.2) is 0 Å². The summed E-state index contributed by atoms with van der Waals surface area (Å²) in [5.41, 5.74) is 2.76. The van der Waals surface area contributed by atoms with E-state index in [-0.39, 0.29) is 18.1 Å². The van der Waals surface area contributed by atoms with Gasteiger partial charge in [-0.1, -0.05) is 41.7 Å². The Hall–Kier alpha value is -1.83. The lowest BCUT2D eigenvalue weighted by Crippen LogP contribution is -2.46. The van der Waals surface area contributed by atoms with Crippen LogP contribution in [0.3, 0.4) is 0 Å². The third-order valence-corrected chi connectivity index (χ3v) is 4.22. The molecule has 116 valence electrons. The van der Waals surface area contributed by atoms with Crippen molar-refractivity contribution < 1.29 is 9.53 Å². The van der Waals surface area contributed by atoms with Crippen molar-refractivity contribution in [2.24, 2.45) is 0 Å². The van der Waals surface area contributed by atoms with Crippen LogP contribution >= 0.6 is 11.3 Å². The minimum Gasteiger partial charge on any atom is -0.375 e. The average molecular weight is 318 g/mol. The Bertz CT molecular complexity index is 605. The van der Waals surface area contributed by atoms with Gasteiger partial charge in [-0.15, -0.1) is 10.2 Å². The first-order valence-electron chi connectivity index (χ1n) is 7.19. The molecule has 7 heteroatoms. The molecule has 3 rings (SSSR count). The number of carbonyl (C=O) groups excluding carboxylic acids is 1. The zero-order valence-corrected chi connectivity index (χ0v) is 13.1. The number of nitrogens with one attached hydrogen (secondary N) is 1. The van der Waals surface area contributed by atoms with Gasteiger partial charge in [0.05, 0.1) is 25.3 Å². The molecule has 1 fully saturated rings. The Labute approximate surface area is 133 Å². The summed E-state index contributed by atoms with van der Waals surface area (Å²) in [5.74, 6) is -0.0771. The number of anilines is 1. The minimum atomic E-state index is -0.0771. The van der Waals surface area contributed by atoms with Gasteiger partial charge in [0, 0.05) is 6.54 Å². The van der Waals surface area contributed by atoms with Crippen LogP contribution in [0.4, 0.5) is 5.13 Å². The van der Waals surface area contributed by atoms with Crippen LogP contribution in [0.25, 0.3) is 0 Å². The molecule has 0 aliphatic carbocycles. The number of morpholine rings is 1. The Morgan fingerprint density at radius 3 is 3.00 bits per heavy atom. The third-order valence-electron chi connectivity index (χ3n) is 3.61. The topological polar surface area (TPSA) is 67.4 Å². The van der Waals surface area contributed by atoms with Gasteiger partial charge in [-0.2, -0.15) is 0 Å². The fourth-order valence-corrected chi connectivity index (χ4v) is 3.06. The number of carbonyl (C=O) groups is 1. The van der Waals surface area contributed by atoms with Crippen molar-refractivity contribution >= 4 is 22.4 Å². The molecule has 0 radical (unpaired) electrons. The van der Waals surface area contributed by atoms with Gasteiger partial charge in [-0.3, -0.25) is 15.0 Å². The highest BCUT2D eigenvalue weighted by molar-refractivity contribution is 7.13. The fraction of sp³-hybridized carbons (Fsp3) is 0.400. The van der Waals surface area contributed by atoms with E-state index in [2.05, 4.69) is 32.5 Å². The largest absolute Gasteiger partial charge is 0.375 e. The van der Waals surface area contributed by atoms with Crippen LogP contribution in [0.1, 0.15) is 18.5 Å². The number of aromatic nitrogens is 2. The van der Waals surface area contributed by atoms with E-state index in [1.165, 1.54) is 11.3 Å². The molecule has 1 amide bonds. The molecule has 1 N–H and O–H groups in total. The molecular weight excluding hydrogens is 300 g/mol. The summed E-state index contributed by atoms with van der Waals surface area (Å²) in [7, 11) is 0. The van der Waals surface area contributed by atoms with Crippen LogP contribution in [-0.4, -0.2) is 46.8 Å². The molecule has 1 aromatic carbocycles. The first kappa shape index (κ1) is 15.1. The van der Waals surface area contributed by atoms with Gasteiger partial charge in [-0.05, 0) is 12.5 Å². The lowest BCUT2D eigenvalue weighted by molar-refractivity contribution is -0.121. The second-order valence-corrected chi connectivity index (χ2v) is 6.13. The number of ether oxygens (including phenoxy) is 1. The fourth-order valence-electron chi connectivity index (χ4n) is 2.60. The Balaban J connectivity index is 1.69. The summed E-state index contributed by atoms with van der Waals surface area (Å²) in [6.45, 7) is 3.66. The van der Waals surface area contributed by atoms with Crippen LogP contribution in [-0.2, 0) is 9.53 Å². The molecule has 0 bridgehead atoms. The zero-order chi connectivity index (χ0) is 15.4. The van der Waals surface area contributed by atoms with Crippen molar-refractivity contribution in [3.63, 3.8) is 0 Å². The molecule has 0 unspecified atom stereocenters. The minimum absolute atomic E-state index is 0.0771. The van der Waals surface area contributed by atoms with Crippen LogP contribution in [0, 0.1) is 0 Å². The highest BCUT2D eigenvalue weighted by atomic mass is 32.1. The Morgan fingerprint density at radius 1 is 1.45 bits per heavy atom. The summed E-state index contributed by atoms with van der Waals surface area (Å²) >= 11 is 1.31. The Morgan fingerprint density at radius 2 is 2.27 bits per heavy atom. The predicted molar refractivity (Wildman–Crippen MR) is 84.7 cm³/mol. The van der Waals surface area contributed by atoms with E-state index >= 15 is 0 Å². The van der Waals surface area contributed by atoms with E-state index in [0.717, 1.165) is 12.1 Å². The Kier molecular flexibility index (Phi) is 4.77. The number of hydrogen-bond donors (Lipinski definition) is 1. The molecule has 6 nitrogen and oxygen atoms in total. The van der Waals surface area contributed by atoms with Crippen molar-refractivity contribution in [3.8, 4) is 0 Å². The SMILES string of the molecule is C[C@H]1CN(CC(=O)Nc2nncs2)[C@H](c2ccccc2)CO1. The van der Waals surface area contributed by atoms with E-state index in [4.69, 9.17) is 4.74 Å². The maximum atomic E-state index is 12.2. The molecule has 1 aliphatic heterocycles. The van der Waals surface area contributed by atoms with E-state index in [1.54, 1.807) is 5.51 Å². The molecule has 1 saturated heterocycles. The normalized spacial score (nSPS) is 22.4. The molecule has 1 aliphatic rings. The van der Waals surface area contributed by atoms with Gasteiger partial charge in [-0.25, -0.2) is 0 Å². The molecule has 0 saturated carbocycles. The third kappa shape index (κ3) is 3.68. The number of benzene rings is 1. The van der Waals surface area contributed by atoms with Crippen molar-refractivity contribution in [2.45, 2.75) is 19.1 Å². The smallest absolute Gasteiger partial charge is 0.240 e. The van der Waals surface area contributed by atoms with E-state index in [9.17, 15) is 4.79 Å². The van der Waals surface area contributed by atoms with E-state index < -0.39 is 0 Å². The predicted octanol–water partition coefficient (Wildman–Crippen LogP) is 1.94. The van der Waals surface area contributed by atoms with E-state index in [1.807, 2.05) is 25.1 Å². The summed E-state index contributed by atoms with van der Waals surface area (Å²) in [4.78, 5) is 14.4. The first-order valence-corrected chi connectivity index (χ1v) is 8.07. The molecule has 2 heterocycles. The quantitative estimate of drug-likeness (QED) is 0.933. The van der Waals surface area contributed by atoms with Crippen molar-refractivity contribution in [1.82, 2.24) is 15.1 Å². The van der Waals surface area contributed by atoms with Crippen molar-refractivity contribution in [2.75, 3.05) is 25.0 Å². The van der Waals surface area contributed by atoms with Crippen LogP contribution in [0.2, 0.25) is 0 Å². The zero-order valence-electron chi connectivity index (χ0n) is 12.3. The summed E-state index contributed by atoms with van der Waals surface area (Å²) < 4.78 is 5.77. The highest BCUT2D eigenvalue weighted by Gasteiger charge is 2.29. The van der Waals surface area contributed by atoms with Crippen LogP contribution in [0.15, 0.2) is 35.8 Å². The van der Waals surface area contributed by atoms with Gasteiger partial charge < -0.3 is 4.74 Å². The molecule has 22 heavy (non-hydrogen) atoms. The van der Waals surface area contributed by atoms with Crippen molar-refractivity contribution in [1.29, 1.82) is 0 Å². The summed E-state index contributed by atoms with van der Waals surface area (Å²) in [6, 6.07) is 10.2. The van der Waals surface area contributed by atoms with Gasteiger partial charge >= 0.3 is 0 Å². The van der Waals surface area contributed by atoms with Gasteiger partial charge in [0.2, 0.25) is 11.0 Å². The molecule has 2 aromatic rings. The van der Waals surface area contributed by atoms with E-state index in [0.29, 0.717) is 18.3 Å². The molecule has 0 spiro atoms. The second kappa shape index (κ2) is 6.95. The second-order valence-electron chi connectivity index (χ2n) is 5.29. The number of hydrogen-bond acceptors (Lipinski definition) is 6. The maximum absolute atomic E-state index is 12.2. The molecule has 1 aromatic heterocycles. The summed E-state index contributed by atoms with van der Waals surface area (Å²) in [6.07, 6.45) is 0.120. The lowest BCUT2D eigenvalue weighted by atomic mass is 10.0. The highest BCUT2D eigenvalue weighted by Crippen LogP contribution is 2.25. The maximum Gasteiger partial charge on any atom is 0.240 e. The molecular formula is C15H18N4O2S. The van der Waals surface area contributed by atoms with Gasteiger partial charge in [0.1, 0.15) is 5.51 Å². The van der Waals surface area contributed by atoms with Gasteiger partial charge in [0.25, 0.3) is 0 Å². The average Bonchev–Trinajstić information content (AvgIpc) is 3.01. The monoisotopic (exact) mass is 318 g/mol. The molecule has 2 atom stereocenters. The first-order chi connectivity index (χ1) is 10.7. The number of rotatable bonds is 4. The van der Waals surface area contributed by atoms with Crippen molar-refractivity contribution in [3.05, 3.63) is 41.4 Å². The number of amides is 1. The lowest BCUT2D eigenvalue weighted by Gasteiger charge is -2.38. The number of nitrogens with zero attached hydrogens (tertiary/aromatic N) is 3. The standard InChI is InChI=1S/C15H18N4O2S/c1-11-7-19(8-14(20)17-15-18-16-10-22-15)13(9-21-11)12-5-3-2-4-6-12/h2-6,10-11,13H,7-9H2,1H3,(H,17,18,20)/t11-,13-/m0/s1.